The van der Waals surface area contributed by atoms with Crippen LogP contribution in [-0.4, -0.2) is 35.1 Å². The number of hydrogen-bond acceptors (Lipinski definition) is 5. The molecule has 0 aliphatic carbocycles. The number of benzene rings is 2. The van der Waals surface area contributed by atoms with Crippen LogP contribution in [0.4, 0.5) is 5.69 Å². The van der Waals surface area contributed by atoms with Crippen LogP contribution < -0.4 is 19.5 Å². The second-order valence-electron chi connectivity index (χ2n) is 5.26. The molecule has 0 atom stereocenters. The van der Waals surface area contributed by atoms with Crippen molar-refractivity contribution in [2.75, 3.05) is 26.1 Å². The summed E-state index contributed by atoms with van der Waals surface area (Å²) in [6, 6.07) is 11.6. The van der Waals surface area contributed by atoms with Gasteiger partial charge in [-0.3, -0.25) is 4.79 Å². The summed E-state index contributed by atoms with van der Waals surface area (Å²) in [5, 5.41) is 2.60. The Morgan fingerprint density at radius 3 is 2.52 bits per heavy atom. The number of carbonyl (C=O) groups excluding carboxylic acids is 1. The molecule has 8 heteroatoms. The minimum Gasteiger partial charge on any atom is -0.497 e. The lowest BCUT2D eigenvalue weighted by atomic mass is 10.2. The first-order valence-corrected chi connectivity index (χ1v) is 8.92. The number of hydrogen-bond donors (Lipinski definition) is 2. The number of amides is 1. The van der Waals surface area contributed by atoms with E-state index in [0.29, 0.717) is 11.4 Å². The van der Waals surface area contributed by atoms with E-state index in [1.807, 2.05) is 0 Å². The molecule has 0 fully saturated rings. The molecular formula is C17H20N2O5S. The summed E-state index contributed by atoms with van der Waals surface area (Å²) in [5.74, 6) is 0.303. The van der Waals surface area contributed by atoms with Crippen LogP contribution in [0.15, 0.2) is 47.4 Å². The number of sulfonamides is 1. The molecule has 0 aliphatic rings. The van der Waals surface area contributed by atoms with Gasteiger partial charge in [-0.2, -0.15) is 0 Å². The highest BCUT2D eigenvalue weighted by atomic mass is 32.2. The number of nitrogens with one attached hydrogen (secondary N) is 2. The van der Waals surface area contributed by atoms with Gasteiger partial charge in [0.15, 0.2) is 0 Å². The highest BCUT2D eigenvalue weighted by molar-refractivity contribution is 7.89. The maximum atomic E-state index is 12.4. The maximum Gasteiger partial charge on any atom is 0.244 e. The average molecular weight is 364 g/mol. The first kappa shape index (κ1) is 18.8. The Kier molecular flexibility index (Phi) is 6.00. The van der Waals surface area contributed by atoms with Crippen molar-refractivity contribution in [3.8, 4) is 11.5 Å². The zero-order chi connectivity index (χ0) is 18.4. The van der Waals surface area contributed by atoms with E-state index < -0.39 is 22.5 Å². The predicted molar refractivity (Wildman–Crippen MR) is 94.5 cm³/mol. The monoisotopic (exact) mass is 364 g/mol. The van der Waals surface area contributed by atoms with Gasteiger partial charge < -0.3 is 14.8 Å². The van der Waals surface area contributed by atoms with Crippen molar-refractivity contribution >= 4 is 21.6 Å². The Morgan fingerprint density at radius 1 is 1.08 bits per heavy atom. The van der Waals surface area contributed by atoms with Crippen molar-refractivity contribution in [1.29, 1.82) is 0 Å². The first-order valence-electron chi connectivity index (χ1n) is 7.44. The highest BCUT2D eigenvalue weighted by Gasteiger charge is 2.20. The fraction of sp³-hybridized carbons (Fsp3) is 0.235. The van der Waals surface area contributed by atoms with Gasteiger partial charge in [0.2, 0.25) is 15.9 Å². The zero-order valence-electron chi connectivity index (χ0n) is 14.2. The third kappa shape index (κ3) is 4.94. The minimum absolute atomic E-state index is 0.0100. The van der Waals surface area contributed by atoms with Gasteiger partial charge in [0.1, 0.15) is 16.4 Å². The largest absolute Gasteiger partial charge is 0.497 e. The summed E-state index contributed by atoms with van der Waals surface area (Å²) in [4.78, 5) is 12.0. The molecule has 0 saturated carbocycles. The van der Waals surface area contributed by atoms with Crippen LogP contribution in [-0.2, 0) is 14.8 Å². The van der Waals surface area contributed by atoms with Gasteiger partial charge in [-0.25, -0.2) is 13.1 Å². The van der Waals surface area contributed by atoms with Crippen molar-refractivity contribution in [2.45, 2.75) is 11.8 Å². The molecule has 7 nitrogen and oxygen atoms in total. The molecule has 0 bridgehead atoms. The second kappa shape index (κ2) is 8.00. The Hall–Kier alpha value is -2.58. The topological polar surface area (TPSA) is 93.7 Å². The number of carbonyl (C=O) groups is 1. The molecule has 2 rings (SSSR count). The van der Waals surface area contributed by atoms with E-state index in [2.05, 4.69) is 10.0 Å². The molecule has 1 amide bonds. The number of anilines is 1. The number of rotatable bonds is 7. The standard InChI is InChI=1S/C17H20N2O5S/c1-12-7-8-15(24-3)16(9-12)25(21,22)18-11-17(20)19-13-5-4-6-14(10-13)23-2/h4-10,18H,11H2,1-3H3,(H,19,20). The summed E-state index contributed by atoms with van der Waals surface area (Å²) >= 11 is 0. The fourth-order valence-electron chi connectivity index (χ4n) is 2.14. The van der Waals surface area contributed by atoms with Gasteiger partial charge in [0.25, 0.3) is 0 Å². The molecule has 25 heavy (non-hydrogen) atoms. The Balaban J connectivity index is 2.06. The molecule has 2 aromatic rings. The van der Waals surface area contributed by atoms with Gasteiger partial charge in [-0.05, 0) is 36.8 Å². The van der Waals surface area contributed by atoms with Gasteiger partial charge in [0.05, 0.1) is 20.8 Å². The van der Waals surface area contributed by atoms with Crippen molar-refractivity contribution < 1.29 is 22.7 Å². The second-order valence-corrected chi connectivity index (χ2v) is 6.99. The van der Waals surface area contributed by atoms with E-state index in [0.717, 1.165) is 5.56 Å². The molecule has 0 heterocycles. The first-order chi connectivity index (χ1) is 11.9. The van der Waals surface area contributed by atoms with Crippen molar-refractivity contribution in [2.24, 2.45) is 0 Å². The summed E-state index contributed by atoms with van der Waals surface area (Å²) in [5.41, 5.74) is 1.28. The van der Waals surface area contributed by atoms with E-state index in [9.17, 15) is 13.2 Å². The molecule has 0 spiro atoms. The Labute approximate surface area is 147 Å². The molecule has 0 unspecified atom stereocenters. The lowest BCUT2D eigenvalue weighted by molar-refractivity contribution is -0.115. The van der Waals surface area contributed by atoms with Crippen LogP contribution >= 0.6 is 0 Å². The minimum atomic E-state index is -3.89. The van der Waals surface area contributed by atoms with Crippen LogP contribution in [0.3, 0.4) is 0 Å². The Bertz CT molecular complexity index is 865. The van der Waals surface area contributed by atoms with Crippen molar-refractivity contribution in [3.05, 3.63) is 48.0 Å². The summed E-state index contributed by atoms with van der Waals surface area (Å²) in [6.07, 6.45) is 0. The molecule has 2 N–H and O–H groups in total. The third-order valence-electron chi connectivity index (χ3n) is 3.38. The van der Waals surface area contributed by atoms with Crippen molar-refractivity contribution in [1.82, 2.24) is 4.72 Å². The van der Waals surface area contributed by atoms with Crippen molar-refractivity contribution in [3.63, 3.8) is 0 Å². The van der Waals surface area contributed by atoms with E-state index in [1.165, 1.54) is 20.3 Å². The third-order valence-corrected chi connectivity index (χ3v) is 4.81. The molecule has 0 radical (unpaired) electrons. The highest BCUT2D eigenvalue weighted by Crippen LogP contribution is 2.24. The zero-order valence-corrected chi connectivity index (χ0v) is 15.0. The van der Waals surface area contributed by atoms with Crippen LogP contribution in [0.1, 0.15) is 5.56 Å². The predicted octanol–water partition coefficient (Wildman–Crippen LogP) is 1.93. The molecular weight excluding hydrogens is 344 g/mol. The summed E-state index contributed by atoms with van der Waals surface area (Å²) in [6.45, 7) is 1.37. The SMILES string of the molecule is COc1cccc(NC(=O)CNS(=O)(=O)c2cc(C)ccc2OC)c1. The van der Waals surface area contributed by atoms with Crippen LogP contribution in [0.5, 0.6) is 11.5 Å². The Morgan fingerprint density at radius 2 is 1.84 bits per heavy atom. The lowest BCUT2D eigenvalue weighted by Gasteiger charge is -2.12. The van der Waals surface area contributed by atoms with Gasteiger partial charge in [-0.1, -0.05) is 12.1 Å². The average Bonchev–Trinajstić information content (AvgIpc) is 2.60. The fourth-order valence-corrected chi connectivity index (χ4v) is 3.37. The maximum absolute atomic E-state index is 12.4. The van der Waals surface area contributed by atoms with Gasteiger partial charge in [0, 0.05) is 11.8 Å². The van der Waals surface area contributed by atoms with E-state index in [4.69, 9.17) is 9.47 Å². The smallest absolute Gasteiger partial charge is 0.244 e. The summed E-state index contributed by atoms with van der Waals surface area (Å²) < 4.78 is 37.3. The van der Waals surface area contributed by atoms with Crippen LogP contribution in [0.2, 0.25) is 0 Å². The number of ether oxygens (including phenoxy) is 2. The van der Waals surface area contributed by atoms with Crippen LogP contribution in [0.25, 0.3) is 0 Å². The molecule has 0 aromatic heterocycles. The van der Waals surface area contributed by atoms with Gasteiger partial charge >= 0.3 is 0 Å². The molecule has 0 saturated heterocycles. The van der Waals surface area contributed by atoms with Gasteiger partial charge in [-0.15, -0.1) is 0 Å². The van der Waals surface area contributed by atoms with Crippen LogP contribution in [0, 0.1) is 6.92 Å². The normalized spacial score (nSPS) is 11.0. The number of aryl methyl sites for hydroxylation is 1. The quantitative estimate of drug-likeness (QED) is 0.783. The van der Waals surface area contributed by atoms with E-state index in [-0.39, 0.29) is 10.6 Å². The van der Waals surface area contributed by atoms with E-state index in [1.54, 1.807) is 43.3 Å². The number of methoxy groups -OCH3 is 2. The summed E-state index contributed by atoms with van der Waals surface area (Å²) in [7, 11) is -0.980. The molecule has 2 aromatic carbocycles. The molecule has 134 valence electrons. The van der Waals surface area contributed by atoms with E-state index >= 15 is 0 Å². The molecule has 0 aliphatic heterocycles. The lowest BCUT2D eigenvalue weighted by Crippen LogP contribution is -2.33.